The Balaban J connectivity index is 1.55. The molecule has 2 aliphatic rings. The van der Waals surface area contributed by atoms with E-state index in [1.807, 2.05) is 19.1 Å². The Labute approximate surface area is 202 Å². The molecule has 1 saturated heterocycles. The van der Waals surface area contributed by atoms with E-state index < -0.39 is 43.1 Å². The lowest BCUT2D eigenvalue weighted by Crippen LogP contribution is -2.60. The van der Waals surface area contributed by atoms with Gasteiger partial charge in [0.15, 0.2) is 17.3 Å². The molecule has 2 aliphatic heterocycles. The van der Waals surface area contributed by atoms with E-state index >= 15 is 0 Å². The van der Waals surface area contributed by atoms with Crippen LogP contribution in [0.15, 0.2) is 30.3 Å². The summed E-state index contributed by atoms with van der Waals surface area (Å²) in [7, 11) is 0. The monoisotopic (exact) mass is 490 g/mol. The minimum atomic E-state index is -1.65. The van der Waals surface area contributed by atoms with Crippen LogP contribution in [0, 0.1) is 0 Å². The molecule has 0 aliphatic carbocycles. The summed E-state index contributed by atoms with van der Waals surface area (Å²) in [6.07, 6.45) is -6.55. The SMILES string of the molecule is CCc1cc(O)c(C(=O)CCc2ccc3c(c2)OCCO3)c(O[C@@H]2OC(CO)[C@@H](O)C(O)C2O)c1. The molecule has 2 aromatic carbocycles. The molecule has 4 rings (SSSR count). The molecule has 2 heterocycles. The lowest BCUT2D eigenvalue weighted by molar-refractivity contribution is -0.277. The van der Waals surface area contributed by atoms with Crippen molar-refractivity contribution < 1.29 is 49.3 Å². The number of hydrogen-bond acceptors (Lipinski definition) is 10. The van der Waals surface area contributed by atoms with Crippen LogP contribution in [0.3, 0.4) is 0 Å². The van der Waals surface area contributed by atoms with Gasteiger partial charge in [-0.05, 0) is 48.2 Å². The van der Waals surface area contributed by atoms with Crippen molar-refractivity contribution in [2.75, 3.05) is 19.8 Å². The number of phenols is 1. The Bertz CT molecular complexity index is 1050. The number of carbonyl (C=O) groups is 1. The minimum absolute atomic E-state index is 0.0293. The smallest absolute Gasteiger partial charge is 0.229 e. The number of ether oxygens (including phenoxy) is 4. The standard InChI is InChI=1S/C25H30O10/c1-2-13-9-16(28)21(15(27)5-3-14-4-6-17-18(11-14)33-8-7-32-17)19(10-13)34-25-24(31)23(30)22(29)20(12-26)35-25/h4,6,9-11,20,22-26,28-31H,2-3,5,7-8,12H2,1H3/t20?,22-,23?,24?,25-/m1/s1. The molecule has 5 N–H and O–H groups in total. The summed E-state index contributed by atoms with van der Waals surface area (Å²) in [4.78, 5) is 13.2. The van der Waals surface area contributed by atoms with Crippen molar-refractivity contribution in [2.24, 2.45) is 0 Å². The molecule has 0 aromatic heterocycles. The fourth-order valence-corrected chi connectivity index (χ4v) is 4.15. The van der Waals surface area contributed by atoms with E-state index in [2.05, 4.69) is 0 Å². The number of aryl methyl sites for hydroxylation is 2. The fraction of sp³-hybridized carbons (Fsp3) is 0.480. The van der Waals surface area contributed by atoms with Crippen LogP contribution in [0.4, 0.5) is 0 Å². The van der Waals surface area contributed by atoms with E-state index in [9.17, 15) is 30.3 Å². The van der Waals surface area contributed by atoms with Crippen LogP contribution in [0.2, 0.25) is 0 Å². The Morgan fingerprint density at radius 1 is 1.00 bits per heavy atom. The molecule has 0 bridgehead atoms. The molecule has 1 fully saturated rings. The molecule has 0 radical (unpaired) electrons. The third kappa shape index (κ3) is 5.36. The number of aliphatic hydroxyl groups excluding tert-OH is 4. The molecule has 10 nitrogen and oxygen atoms in total. The molecule has 190 valence electrons. The minimum Gasteiger partial charge on any atom is -0.507 e. The number of phenolic OH excluding ortho intramolecular Hbond substituents is 1. The molecule has 0 saturated carbocycles. The summed E-state index contributed by atoms with van der Waals surface area (Å²) < 4.78 is 22.3. The molecule has 3 unspecified atom stereocenters. The second-order valence-electron chi connectivity index (χ2n) is 8.56. The van der Waals surface area contributed by atoms with Gasteiger partial charge in [0.2, 0.25) is 6.29 Å². The number of rotatable bonds is 8. The summed E-state index contributed by atoms with van der Waals surface area (Å²) >= 11 is 0. The van der Waals surface area contributed by atoms with Crippen LogP contribution in [0.1, 0.15) is 34.8 Å². The van der Waals surface area contributed by atoms with Gasteiger partial charge in [-0.1, -0.05) is 13.0 Å². The summed E-state index contributed by atoms with van der Waals surface area (Å²) in [6.45, 7) is 2.17. The number of carbonyl (C=O) groups excluding carboxylic acids is 1. The number of hydrogen-bond donors (Lipinski definition) is 5. The van der Waals surface area contributed by atoms with Crippen molar-refractivity contribution in [3.05, 3.63) is 47.0 Å². The van der Waals surface area contributed by atoms with Gasteiger partial charge in [-0.3, -0.25) is 4.79 Å². The van der Waals surface area contributed by atoms with Gasteiger partial charge < -0.3 is 44.5 Å². The molecule has 10 heteroatoms. The van der Waals surface area contributed by atoms with Crippen LogP contribution < -0.4 is 14.2 Å². The number of fused-ring (bicyclic) bond motifs is 1. The molecule has 0 spiro atoms. The Morgan fingerprint density at radius 2 is 1.74 bits per heavy atom. The third-order valence-electron chi connectivity index (χ3n) is 6.17. The van der Waals surface area contributed by atoms with E-state index in [0.29, 0.717) is 43.1 Å². The van der Waals surface area contributed by atoms with Gasteiger partial charge in [0.05, 0.1) is 6.61 Å². The zero-order valence-corrected chi connectivity index (χ0v) is 19.3. The van der Waals surface area contributed by atoms with Gasteiger partial charge >= 0.3 is 0 Å². The summed E-state index contributed by atoms with van der Waals surface area (Å²) in [6, 6.07) is 8.46. The molecular formula is C25H30O10. The highest BCUT2D eigenvalue weighted by molar-refractivity contribution is 6.01. The number of aliphatic hydroxyl groups is 4. The number of benzene rings is 2. The normalized spacial score (nSPS) is 25.8. The van der Waals surface area contributed by atoms with Crippen LogP contribution in [0.25, 0.3) is 0 Å². The van der Waals surface area contributed by atoms with E-state index in [4.69, 9.17) is 18.9 Å². The van der Waals surface area contributed by atoms with Crippen LogP contribution in [0.5, 0.6) is 23.0 Å². The summed E-state index contributed by atoms with van der Waals surface area (Å²) in [5, 5.41) is 50.5. The van der Waals surface area contributed by atoms with Crippen LogP contribution in [-0.4, -0.2) is 81.8 Å². The van der Waals surface area contributed by atoms with Crippen molar-refractivity contribution in [3.8, 4) is 23.0 Å². The largest absolute Gasteiger partial charge is 0.507 e. The van der Waals surface area contributed by atoms with E-state index in [0.717, 1.165) is 5.56 Å². The highest BCUT2D eigenvalue weighted by atomic mass is 16.7. The average molecular weight is 491 g/mol. The van der Waals surface area contributed by atoms with E-state index in [1.54, 1.807) is 12.1 Å². The highest BCUT2D eigenvalue weighted by Crippen LogP contribution is 2.35. The second kappa shape index (κ2) is 10.8. The molecule has 2 aromatic rings. The molecule has 5 atom stereocenters. The summed E-state index contributed by atoms with van der Waals surface area (Å²) in [5.41, 5.74) is 1.44. The van der Waals surface area contributed by atoms with Crippen molar-refractivity contribution >= 4 is 5.78 Å². The Kier molecular flexibility index (Phi) is 7.78. The van der Waals surface area contributed by atoms with Crippen LogP contribution >= 0.6 is 0 Å². The average Bonchev–Trinajstić information content (AvgIpc) is 2.87. The van der Waals surface area contributed by atoms with Gasteiger partial charge in [-0.25, -0.2) is 0 Å². The van der Waals surface area contributed by atoms with Crippen molar-refractivity contribution in [3.63, 3.8) is 0 Å². The third-order valence-corrected chi connectivity index (χ3v) is 6.17. The Morgan fingerprint density at radius 3 is 2.46 bits per heavy atom. The number of ketones is 1. The maximum Gasteiger partial charge on any atom is 0.229 e. The van der Waals surface area contributed by atoms with Gasteiger partial charge in [-0.15, -0.1) is 0 Å². The Hall–Kier alpha value is -2.89. The molecule has 0 amide bonds. The lowest BCUT2D eigenvalue weighted by Gasteiger charge is -2.39. The first-order valence-electron chi connectivity index (χ1n) is 11.6. The lowest BCUT2D eigenvalue weighted by atomic mass is 9.98. The van der Waals surface area contributed by atoms with Crippen molar-refractivity contribution in [2.45, 2.75) is 56.9 Å². The predicted octanol–water partition coefficient (Wildman–Crippen LogP) is 0.720. The van der Waals surface area contributed by atoms with Crippen LogP contribution in [-0.2, 0) is 17.6 Å². The highest BCUT2D eigenvalue weighted by Gasteiger charge is 2.45. The first kappa shape index (κ1) is 25.2. The van der Waals surface area contributed by atoms with Crippen molar-refractivity contribution in [1.82, 2.24) is 0 Å². The zero-order valence-electron chi connectivity index (χ0n) is 19.3. The van der Waals surface area contributed by atoms with E-state index in [-0.39, 0.29) is 23.5 Å². The maximum atomic E-state index is 13.2. The van der Waals surface area contributed by atoms with Gasteiger partial charge in [0.1, 0.15) is 54.7 Å². The topological polar surface area (TPSA) is 155 Å². The van der Waals surface area contributed by atoms with E-state index in [1.165, 1.54) is 6.07 Å². The van der Waals surface area contributed by atoms with Crippen molar-refractivity contribution in [1.29, 1.82) is 0 Å². The second-order valence-corrected chi connectivity index (χ2v) is 8.56. The first-order valence-corrected chi connectivity index (χ1v) is 11.6. The first-order chi connectivity index (χ1) is 16.8. The van der Waals surface area contributed by atoms with Gasteiger partial charge in [0.25, 0.3) is 0 Å². The summed E-state index contributed by atoms with van der Waals surface area (Å²) in [5.74, 6) is 0.548. The predicted molar refractivity (Wildman–Crippen MR) is 122 cm³/mol. The van der Waals surface area contributed by atoms with Gasteiger partial charge in [-0.2, -0.15) is 0 Å². The van der Waals surface area contributed by atoms with Gasteiger partial charge in [0, 0.05) is 6.42 Å². The number of aromatic hydroxyl groups is 1. The molecule has 35 heavy (non-hydrogen) atoms. The zero-order chi connectivity index (χ0) is 25.1. The fourth-order valence-electron chi connectivity index (χ4n) is 4.15. The molecular weight excluding hydrogens is 460 g/mol. The maximum absolute atomic E-state index is 13.2. The number of Topliss-reactive ketones (excluding diaryl/α,β-unsaturated/α-hetero) is 1. The quantitative estimate of drug-likeness (QED) is 0.334.